The normalized spacial score (nSPS) is 15.7. The molecule has 5 nitrogen and oxygen atoms in total. The molecule has 0 unspecified atom stereocenters. The summed E-state index contributed by atoms with van der Waals surface area (Å²) in [5, 5.41) is 7.31. The standard InChI is InChI=1S/C16H20ClN3O2/c17-13-6-4-5-12(9-13)11-18-20-16(22)10-15(21)19-14-7-2-1-3-8-14/h4-6,9,11,14H,1-3,7-8,10H2,(H,19,21)(H,20,22)/b18-11-. The summed E-state index contributed by atoms with van der Waals surface area (Å²) < 4.78 is 0. The van der Waals surface area contributed by atoms with Crippen LogP contribution in [-0.4, -0.2) is 24.1 Å². The molecular weight excluding hydrogens is 302 g/mol. The van der Waals surface area contributed by atoms with Gasteiger partial charge >= 0.3 is 0 Å². The van der Waals surface area contributed by atoms with E-state index >= 15 is 0 Å². The number of hydrazone groups is 1. The zero-order chi connectivity index (χ0) is 15.8. The molecule has 6 heteroatoms. The van der Waals surface area contributed by atoms with Crippen molar-refractivity contribution >= 4 is 29.6 Å². The lowest BCUT2D eigenvalue weighted by atomic mass is 9.95. The monoisotopic (exact) mass is 321 g/mol. The smallest absolute Gasteiger partial charge is 0.249 e. The minimum Gasteiger partial charge on any atom is -0.353 e. The van der Waals surface area contributed by atoms with Crippen LogP contribution in [0.1, 0.15) is 44.1 Å². The number of carbonyl (C=O) groups is 2. The van der Waals surface area contributed by atoms with Gasteiger partial charge < -0.3 is 5.32 Å². The molecule has 0 heterocycles. The average molecular weight is 322 g/mol. The molecule has 22 heavy (non-hydrogen) atoms. The Morgan fingerprint density at radius 3 is 2.73 bits per heavy atom. The number of amides is 2. The SMILES string of the molecule is O=C(CC(=O)NC1CCCCC1)N/N=C\c1cccc(Cl)c1. The van der Waals surface area contributed by atoms with Crippen LogP contribution in [0.4, 0.5) is 0 Å². The molecule has 0 spiro atoms. The van der Waals surface area contributed by atoms with Crippen molar-refractivity contribution in [2.24, 2.45) is 5.10 Å². The van der Waals surface area contributed by atoms with Crippen molar-refractivity contribution in [3.63, 3.8) is 0 Å². The predicted molar refractivity (Wildman–Crippen MR) is 86.8 cm³/mol. The number of hydrogen-bond acceptors (Lipinski definition) is 3. The van der Waals surface area contributed by atoms with Gasteiger partial charge in [0.15, 0.2) is 0 Å². The van der Waals surface area contributed by atoms with E-state index in [-0.39, 0.29) is 18.4 Å². The van der Waals surface area contributed by atoms with Crippen molar-refractivity contribution in [1.82, 2.24) is 10.7 Å². The molecule has 0 atom stereocenters. The van der Waals surface area contributed by atoms with Crippen molar-refractivity contribution in [3.05, 3.63) is 34.9 Å². The van der Waals surface area contributed by atoms with Crippen molar-refractivity contribution in [1.29, 1.82) is 0 Å². The molecule has 2 rings (SSSR count). The van der Waals surface area contributed by atoms with Crippen LogP contribution in [0, 0.1) is 0 Å². The maximum atomic E-state index is 11.8. The van der Waals surface area contributed by atoms with Crippen molar-refractivity contribution in [3.8, 4) is 0 Å². The first kappa shape index (κ1) is 16.5. The van der Waals surface area contributed by atoms with Crippen LogP contribution in [0.3, 0.4) is 0 Å². The van der Waals surface area contributed by atoms with E-state index in [0.717, 1.165) is 31.2 Å². The second-order valence-corrected chi connectivity index (χ2v) is 5.86. The van der Waals surface area contributed by atoms with Crippen LogP contribution in [0.25, 0.3) is 0 Å². The lowest BCUT2D eigenvalue weighted by molar-refractivity contribution is -0.129. The first-order valence-corrected chi connectivity index (χ1v) is 7.88. The fourth-order valence-electron chi connectivity index (χ4n) is 2.48. The maximum Gasteiger partial charge on any atom is 0.249 e. The number of rotatable bonds is 5. The van der Waals surface area contributed by atoms with E-state index in [4.69, 9.17) is 11.6 Å². The molecule has 0 radical (unpaired) electrons. The van der Waals surface area contributed by atoms with Gasteiger partial charge in [-0.15, -0.1) is 0 Å². The number of nitrogens with zero attached hydrogens (tertiary/aromatic N) is 1. The molecule has 1 saturated carbocycles. The number of carbonyl (C=O) groups excluding carboxylic acids is 2. The Balaban J connectivity index is 1.71. The van der Waals surface area contributed by atoms with Crippen LogP contribution in [0.15, 0.2) is 29.4 Å². The van der Waals surface area contributed by atoms with Crippen LogP contribution >= 0.6 is 11.6 Å². The van der Waals surface area contributed by atoms with Gasteiger partial charge in [-0.05, 0) is 30.5 Å². The molecule has 0 aliphatic heterocycles. The highest BCUT2D eigenvalue weighted by Gasteiger charge is 2.17. The summed E-state index contributed by atoms with van der Waals surface area (Å²) in [6.07, 6.45) is 6.79. The molecule has 118 valence electrons. The Morgan fingerprint density at radius 1 is 1.23 bits per heavy atom. The van der Waals surface area contributed by atoms with Crippen molar-refractivity contribution in [2.75, 3.05) is 0 Å². The van der Waals surface area contributed by atoms with Crippen LogP contribution < -0.4 is 10.7 Å². The Hall–Kier alpha value is -1.88. The third-order valence-electron chi connectivity index (χ3n) is 3.54. The summed E-state index contributed by atoms with van der Waals surface area (Å²) >= 11 is 5.85. The van der Waals surface area contributed by atoms with E-state index in [1.165, 1.54) is 12.6 Å². The van der Waals surface area contributed by atoms with Crippen LogP contribution in [0.5, 0.6) is 0 Å². The topological polar surface area (TPSA) is 70.6 Å². The van der Waals surface area contributed by atoms with Gasteiger partial charge in [0.2, 0.25) is 11.8 Å². The van der Waals surface area contributed by atoms with Crippen LogP contribution in [0.2, 0.25) is 5.02 Å². The quantitative estimate of drug-likeness (QED) is 0.497. The van der Waals surface area contributed by atoms with E-state index < -0.39 is 5.91 Å². The number of nitrogens with one attached hydrogen (secondary N) is 2. The third-order valence-corrected chi connectivity index (χ3v) is 3.78. The molecule has 0 aromatic heterocycles. The first-order valence-electron chi connectivity index (χ1n) is 7.50. The van der Waals surface area contributed by atoms with E-state index in [1.54, 1.807) is 18.2 Å². The largest absolute Gasteiger partial charge is 0.353 e. The molecule has 1 aliphatic carbocycles. The molecule has 2 N–H and O–H groups in total. The Morgan fingerprint density at radius 2 is 2.00 bits per heavy atom. The second kappa shape index (κ2) is 8.54. The number of benzene rings is 1. The highest BCUT2D eigenvalue weighted by Crippen LogP contribution is 2.17. The van der Waals surface area contributed by atoms with Crippen LogP contribution in [-0.2, 0) is 9.59 Å². The summed E-state index contributed by atoms with van der Waals surface area (Å²) in [5.74, 6) is -0.672. The fourth-order valence-corrected chi connectivity index (χ4v) is 2.68. The molecular formula is C16H20ClN3O2. The Labute approximate surface area is 135 Å². The molecule has 1 aromatic carbocycles. The molecule has 1 fully saturated rings. The van der Waals surface area contributed by atoms with Gasteiger partial charge in [0.05, 0.1) is 6.21 Å². The van der Waals surface area contributed by atoms with Gasteiger partial charge in [-0.2, -0.15) is 5.10 Å². The molecule has 0 saturated heterocycles. The summed E-state index contributed by atoms with van der Waals surface area (Å²) in [6, 6.07) is 7.31. The summed E-state index contributed by atoms with van der Waals surface area (Å²) in [4.78, 5) is 23.4. The fraction of sp³-hybridized carbons (Fsp3) is 0.438. The lowest BCUT2D eigenvalue weighted by Gasteiger charge is -2.22. The minimum absolute atomic E-state index is 0.205. The van der Waals surface area contributed by atoms with Gasteiger partial charge in [0.25, 0.3) is 0 Å². The van der Waals surface area contributed by atoms with Gasteiger partial charge in [-0.3, -0.25) is 9.59 Å². The second-order valence-electron chi connectivity index (χ2n) is 5.43. The predicted octanol–water partition coefficient (Wildman–Crippen LogP) is 2.63. The number of hydrogen-bond donors (Lipinski definition) is 2. The third kappa shape index (κ3) is 5.85. The molecule has 1 aromatic rings. The van der Waals surface area contributed by atoms with E-state index in [0.29, 0.717) is 5.02 Å². The van der Waals surface area contributed by atoms with Gasteiger partial charge in [-0.1, -0.05) is 43.0 Å². The minimum atomic E-state index is -0.424. The van der Waals surface area contributed by atoms with Gasteiger partial charge in [0, 0.05) is 11.1 Å². The van der Waals surface area contributed by atoms with Crippen molar-refractivity contribution < 1.29 is 9.59 Å². The van der Waals surface area contributed by atoms with E-state index in [9.17, 15) is 9.59 Å². The summed E-state index contributed by atoms with van der Waals surface area (Å²) in [7, 11) is 0. The summed E-state index contributed by atoms with van der Waals surface area (Å²) in [5.41, 5.74) is 3.12. The van der Waals surface area contributed by atoms with Crippen molar-refractivity contribution in [2.45, 2.75) is 44.6 Å². The lowest BCUT2D eigenvalue weighted by Crippen LogP contribution is -2.38. The summed E-state index contributed by atoms with van der Waals surface area (Å²) in [6.45, 7) is 0. The molecule has 1 aliphatic rings. The van der Waals surface area contributed by atoms with Gasteiger partial charge in [0.1, 0.15) is 6.42 Å². The zero-order valence-corrected chi connectivity index (χ0v) is 13.1. The number of halogens is 1. The molecule has 2 amide bonds. The van der Waals surface area contributed by atoms with Gasteiger partial charge in [-0.25, -0.2) is 5.43 Å². The first-order chi connectivity index (χ1) is 10.6. The zero-order valence-electron chi connectivity index (χ0n) is 12.3. The Bertz CT molecular complexity index is 554. The highest BCUT2D eigenvalue weighted by atomic mass is 35.5. The Kier molecular flexibility index (Phi) is 6.40. The highest BCUT2D eigenvalue weighted by molar-refractivity contribution is 6.30. The molecule has 0 bridgehead atoms. The van der Waals surface area contributed by atoms with E-state index in [1.807, 2.05) is 6.07 Å². The maximum absolute atomic E-state index is 11.8. The van der Waals surface area contributed by atoms with E-state index in [2.05, 4.69) is 15.8 Å². The average Bonchev–Trinajstić information content (AvgIpc) is 2.48.